The van der Waals surface area contributed by atoms with E-state index in [2.05, 4.69) is 15.0 Å². The smallest absolute Gasteiger partial charge is 0.410 e. The minimum absolute atomic E-state index is 0.0342. The Balaban J connectivity index is 1.70. The van der Waals surface area contributed by atoms with E-state index < -0.39 is 11.0 Å². The van der Waals surface area contributed by atoms with Gasteiger partial charge in [-0.15, -0.1) is 11.3 Å². The van der Waals surface area contributed by atoms with Crippen LogP contribution in [0.15, 0.2) is 34.8 Å². The van der Waals surface area contributed by atoms with Crippen LogP contribution in [0.5, 0.6) is 0 Å². The molecule has 1 aliphatic rings. The van der Waals surface area contributed by atoms with Gasteiger partial charge in [-0.1, -0.05) is 16.9 Å². The number of amides is 1. The fourth-order valence-electron chi connectivity index (χ4n) is 3.15. The molecule has 0 aliphatic carbocycles. The van der Waals surface area contributed by atoms with E-state index in [1.807, 2.05) is 0 Å². The van der Waals surface area contributed by atoms with Gasteiger partial charge in [0, 0.05) is 41.1 Å². The Bertz CT molecular complexity index is 1020. The Morgan fingerprint density at radius 2 is 2.19 bits per heavy atom. The van der Waals surface area contributed by atoms with Gasteiger partial charge in [-0.05, 0) is 29.6 Å². The summed E-state index contributed by atoms with van der Waals surface area (Å²) < 4.78 is 5.42. The summed E-state index contributed by atoms with van der Waals surface area (Å²) in [6.45, 7) is 1.90. The molecule has 0 saturated carbocycles. The van der Waals surface area contributed by atoms with E-state index in [1.165, 1.54) is 54.3 Å². The molecular weight excluding hydrogens is 444 g/mol. The lowest BCUT2D eigenvalue weighted by molar-refractivity contribution is -0.384. The molecule has 1 fully saturated rings. The molecule has 13 heteroatoms. The van der Waals surface area contributed by atoms with Crippen molar-refractivity contribution in [2.24, 2.45) is 5.11 Å². The van der Waals surface area contributed by atoms with E-state index in [-0.39, 0.29) is 35.2 Å². The molecule has 1 aliphatic heterocycles. The molecule has 1 amide bonds. The topological polar surface area (TPSA) is 151 Å². The highest BCUT2D eigenvalue weighted by Gasteiger charge is 2.39. The number of likely N-dealkylation sites (tertiary alicyclic amines) is 1. The molecule has 1 aromatic carbocycles. The summed E-state index contributed by atoms with van der Waals surface area (Å²) in [4.78, 5) is 43.3. The van der Waals surface area contributed by atoms with Crippen LogP contribution < -0.4 is 0 Å². The third-order valence-corrected chi connectivity index (χ3v) is 6.49. The summed E-state index contributed by atoms with van der Waals surface area (Å²) >= 11 is 2.54. The number of aromatic nitrogens is 1. The highest BCUT2D eigenvalue weighted by atomic mass is 32.2. The van der Waals surface area contributed by atoms with E-state index in [9.17, 15) is 19.7 Å². The maximum Gasteiger partial charge on any atom is 0.410 e. The summed E-state index contributed by atoms with van der Waals surface area (Å²) in [5.41, 5.74) is 9.66. The van der Waals surface area contributed by atoms with Crippen molar-refractivity contribution in [3.63, 3.8) is 0 Å². The van der Waals surface area contributed by atoms with Gasteiger partial charge in [0.15, 0.2) is 5.12 Å². The van der Waals surface area contributed by atoms with Crippen LogP contribution in [0.4, 0.5) is 10.5 Å². The zero-order chi connectivity index (χ0) is 22.4. The van der Waals surface area contributed by atoms with Crippen molar-refractivity contribution in [2.45, 2.75) is 37.8 Å². The van der Waals surface area contributed by atoms with E-state index in [1.54, 1.807) is 10.3 Å². The van der Waals surface area contributed by atoms with Crippen LogP contribution >= 0.6 is 23.1 Å². The normalized spacial score (nSPS) is 17.8. The monoisotopic (exact) mass is 462 g/mol. The number of nitro benzene ring substituents is 1. The average molecular weight is 463 g/mol. The Morgan fingerprint density at radius 3 is 2.84 bits per heavy atom. The minimum atomic E-state index is -0.554. The molecule has 31 heavy (non-hydrogen) atoms. The van der Waals surface area contributed by atoms with Crippen molar-refractivity contribution >= 4 is 40.0 Å². The Morgan fingerprint density at radius 1 is 1.45 bits per heavy atom. The van der Waals surface area contributed by atoms with Gasteiger partial charge in [-0.25, -0.2) is 9.78 Å². The number of nitro groups is 1. The van der Waals surface area contributed by atoms with Crippen molar-refractivity contribution < 1.29 is 19.2 Å². The zero-order valence-electron chi connectivity index (χ0n) is 16.4. The van der Waals surface area contributed by atoms with Gasteiger partial charge in [-0.2, -0.15) is 0 Å². The molecule has 2 heterocycles. The Kier molecular flexibility index (Phi) is 7.45. The second-order valence-electron chi connectivity index (χ2n) is 6.68. The summed E-state index contributed by atoms with van der Waals surface area (Å²) in [6.07, 6.45) is -0.00691. The molecule has 162 valence electrons. The van der Waals surface area contributed by atoms with Crippen LogP contribution in [-0.4, -0.2) is 37.8 Å². The van der Waals surface area contributed by atoms with Gasteiger partial charge in [0.05, 0.1) is 23.2 Å². The van der Waals surface area contributed by atoms with Crippen LogP contribution in [0.1, 0.15) is 35.7 Å². The fraction of sp³-hybridized carbons (Fsp3) is 0.389. The first-order valence-electron chi connectivity index (χ1n) is 9.16. The predicted molar refractivity (Wildman–Crippen MR) is 114 cm³/mol. The number of non-ortho nitro benzene ring substituents is 1. The molecule has 1 saturated heterocycles. The van der Waals surface area contributed by atoms with E-state index in [0.29, 0.717) is 29.2 Å². The van der Waals surface area contributed by atoms with Gasteiger partial charge < -0.3 is 4.74 Å². The van der Waals surface area contributed by atoms with E-state index in [0.717, 1.165) is 0 Å². The van der Waals surface area contributed by atoms with Gasteiger partial charge in [0.25, 0.3) is 5.69 Å². The summed E-state index contributed by atoms with van der Waals surface area (Å²) in [5.74, 6) is 0. The quantitative estimate of drug-likeness (QED) is 0.192. The standard InChI is InChI=1S/C18H18N6O5S2/c1-11(25)31-15-6-16(17-21-13(10-30-17)7-20-22-19)23(8-15)18(26)29-9-12-2-4-14(5-3-12)24(27)28/h2-5,10,15-16H,6-9H2,1H3/t15-,16-/m0/s1. The van der Waals surface area contributed by atoms with Crippen molar-refractivity contribution in [2.75, 3.05) is 6.54 Å². The molecule has 0 N–H and O–H groups in total. The third-order valence-electron chi connectivity index (χ3n) is 4.49. The Labute approximate surface area is 185 Å². The van der Waals surface area contributed by atoms with Gasteiger partial charge in [0.1, 0.15) is 11.6 Å². The highest BCUT2D eigenvalue weighted by Crippen LogP contribution is 2.39. The lowest BCUT2D eigenvalue weighted by Gasteiger charge is -2.22. The molecular formula is C18H18N6O5S2. The number of thiazole rings is 1. The van der Waals surface area contributed by atoms with Crippen molar-refractivity contribution in [3.8, 4) is 0 Å². The molecule has 2 atom stereocenters. The van der Waals surface area contributed by atoms with E-state index in [4.69, 9.17) is 10.3 Å². The maximum atomic E-state index is 12.8. The number of ether oxygens (including phenoxy) is 1. The lowest BCUT2D eigenvalue weighted by atomic mass is 10.2. The molecule has 0 spiro atoms. The SMILES string of the molecule is CC(=O)S[C@H]1C[C@@H](c2nc(CN=[N+]=[N-])cs2)N(C(=O)OCc2ccc([N+](=O)[O-])cc2)C1. The molecule has 0 bridgehead atoms. The van der Waals surface area contributed by atoms with Crippen LogP contribution in [0.3, 0.4) is 0 Å². The van der Waals surface area contributed by atoms with Gasteiger partial charge in [0.2, 0.25) is 0 Å². The number of benzene rings is 1. The van der Waals surface area contributed by atoms with Crippen molar-refractivity contribution in [1.29, 1.82) is 0 Å². The minimum Gasteiger partial charge on any atom is -0.445 e. The van der Waals surface area contributed by atoms with E-state index >= 15 is 0 Å². The van der Waals surface area contributed by atoms with Gasteiger partial charge >= 0.3 is 6.09 Å². The zero-order valence-corrected chi connectivity index (χ0v) is 18.0. The number of thioether (sulfide) groups is 1. The molecule has 0 unspecified atom stereocenters. The predicted octanol–water partition coefficient (Wildman–Crippen LogP) is 4.59. The van der Waals surface area contributed by atoms with Crippen LogP contribution in [0, 0.1) is 10.1 Å². The molecule has 0 radical (unpaired) electrons. The number of carbonyl (C=O) groups is 2. The van der Waals surface area contributed by atoms with Crippen LogP contribution in [-0.2, 0) is 22.7 Å². The number of hydrogen-bond donors (Lipinski definition) is 0. The van der Waals surface area contributed by atoms with Crippen LogP contribution in [0.25, 0.3) is 10.4 Å². The van der Waals surface area contributed by atoms with Crippen molar-refractivity contribution in [1.82, 2.24) is 9.88 Å². The number of nitrogens with zero attached hydrogens (tertiary/aromatic N) is 6. The summed E-state index contributed by atoms with van der Waals surface area (Å²) in [7, 11) is 0. The molecule has 1 aromatic heterocycles. The lowest BCUT2D eigenvalue weighted by Crippen LogP contribution is -2.32. The highest BCUT2D eigenvalue weighted by molar-refractivity contribution is 8.14. The number of hydrogen-bond acceptors (Lipinski definition) is 9. The first kappa shape index (κ1) is 22.5. The number of azide groups is 1. The maximum absolute atomic E-state index is 12.8. The molecule has 2 aromatic rings. The fourth-order valence-corrected chi connectivity index (χ4v) is 5.07. The summed E-state index contributed by atoms with van der Waals surface area (Å²) in [5, 5.41) is 16.6. The number of rotatable bonds is 7. The van der Waals surface area contributed by atoms with Gasteiger partial charge in [-0.3, -0.25) is 19.8 Å². The largest absolute Gasteiger partial charge is 0.445 e. The second kappa shape index (κ2) is 10.2. The second-order valence-corrected chi connectivity index (χ2v) is 9.05. The summed E-state index contributed by atoms with van der Waals surface area (Å²) in [6, 6.07) is 5.41. The molecule has 11 nitrogen and oxygen atoms in total. The first-order valence-corrected chi connectivity index (χ1v) is 10.9. The van der Waals surface area contributed by atoms with Crippen LogP contribution in [0.2, 0.25) is 0 Å². The number of carbonyl (C=O) groups excluding carboxylic acids is 2. The average Bonchev–Trinajstić information content (AvgIpc) is 3.37. The first-order chi connectivity index (χ1) is 14.9. The third kappa shape index (κ3) is 5.94. The molecule has 3 rings (SSSR count). The van der Waals surface area contributed by atoms with Crippen molar-refractivity contribution in [3.05, 3.63) is 66.5 Å². The Hall–Kier alpha value is -3.15.